The van der Waals surface area contributed by atoms with Crippen molar-refractivity contribution in [2.24, 2.45) is 0 Å². The summed E-state index contributed by atoms with van der Waals surface area (Å²) in [6.07, 6.45) is 7.78. The quantitative estimate of drug-likeness (QED) is 0.452. The second-order valence-electron chi connectivity index (χ2n) is 6.66. The summed E-state index contributed by atoms with van der Waals surface area (Å²) in [6.45, 7) is 6.41. The van der Waals surface area contributed by atoms with Crippen molar-refractivity contribution in [2.75, 3.05) is 39.1 Å². The van der Waals surface area contributed by atoms with Crippen molar-refractivity contribution in [1.29, 1.82) is 0 Å². The number of carbonyl (C=O) groups is 1. The van der Waals surface area contributed by atoms with E-state index in [-0.39, 0.29) is 5.97 Å². The first-order valence-corrected chi connectivity index (χ1v) is 9.21. The van der Waals surface area contributed by atoms with Gasteiger partial charge in [0.05, 0.1) is 5.56 Å². The molecule has 0 spiro atoms. The Morgan fingerprint density at radius 3 is 2.50 bits per heavy atom. The van der Waals surface area contributed by atoms with E-state index in [0.29, 0.717) is 12.2 Å². The Labute approximate surface area is 147 Å². The SMILES string of the molecule is CCCCCCCCNc1ccc(C(=O)OCCN(C)C)cc1C. The van der Waals surface area contributed by atoms with Crippen LogP contribution < -0.4 is 5.32 Å². The molecule has 0 amide bonds. The number of unbranched alkanes of at least 4 members (excludes halogenated alkanes) is 5. The molecule has 0 fully saturated rings. The monoisotopic (exact) mass is 334 g/mol. The predicted molar refractivity (Wildman–Crippen MR) is 102 cm³/mol. The molecule has 1 N–H and O–H groups in total. The van der Waals surface area contributed by atoms with Gasteiger partial charge in [0, 0.05) is 18.8 Å². The average molecular weight is 335 g/mol. The third-order valence-corrected chi connectivity index (χ3v) is 4.08. The predicted octanol–water partition coefficient (Wildman–Crippen LogP) is 4.49. The highest BCUT2D eigenvalue weighted by molar-refractivity contribution is 5.90. The van der Waals surface area contributed by atoms with Gasteiger partial charge in [0.25, 0.3) is 0 Å². The summed E-state index contributed by atoms with van der Waals surface area (Å²) >= 11 is 0. The molecule has 0 atom stereocenters. The Hall–Kier alpha value is -1.55. The van der Waals surface area contributed by atoms with Crippen LogP contribution in [0.15, 0.2) is 18.2 Å². The molecular formula is C20H34N2O2. The molecule has 0 radical (unpaired) electrons. The highest BCUT2D eigenvalue weighted by Gasteiger charge is 2.09. The van der Waals surface area contributed by atoms with Crippen molar-refractivity contribution < 1.29 is 9.53 Å². The third-order valence-electron chi connectivity index (χ3n) is 4.08. The van der Waals surface area contributed by atoms with E-state index in [1.54, 1.807) is 0 Å². The first kappa shape index (κ1) is 20.5. The van der Waals surface area contributed by atoms with Gasteiger partial charge >= 0.3 is 5.97 Å². The van der Waals surface area contributed by atoms with Gasteiger partial charge in [0.1, 0.15) is 6.61 Å². The van der Waals surface area contributed by atoms with E-state index in [1.807, 2.05) is 44.1 Å². The van der Waals surface area contributed by atoms with Gasteiger partial charge in [0.15, 0.2) is 0 Å². The molecule has 0 aliphatic heterocycles. The lowest BCUT2D eigenvalue weighted by Crippen LogP contribution is -2.20. The zero-order valence-corrected chi connectivity index (χ0v) is 15.9. The number of likely N-dealkylation sites (N-methyl/N-ethyl adjacent to an activating group) is 1. The molecule has 4 nitrogen and oxygen atoms in total. The van der Waals surface area contributed by atoms with Gasteiger partial charge < -0.3 is 15.0 Å². The minimum Gasteiger partial charge on any atom is -0.461 e. The molecule has 4 heteroatoms. The van der Waals surface area contributed by atoms with Crippen molar-refractivity contribution in [3.05, 3.63) is 29.3 Å². The van der Waals surface area contributed by atoms with Gasteiger partial charge in [0.2, 0.25) is 0 Å². The van der Waals surface area contributed by atoms with Gasteiger partial charge in [-0.25, -0.2) is 4.79 Å². The van der Waals surface area contributed by atoms with Crippen LogP contribution in [0.1, 0.15) is 61.4 Å². The Bertz CT molecular complexity index is 487. The third kappa shape index (κ3) is 8.34. The maximum Gasteiger partial charge on any atom is 0.338 e. The maximum atomic E-state index is 12.0. The Balaban J connectivity index is 2.34. The maximum absolute atomic E-state index is 12.0. The van der Waals surface area contributed by atoms with Crippen LogP contribution in [0.2, 0.25) is 0 Å². The van der Waals surface area contributed by atoms with Crippen LogP contribution in [0, 0.1) is 6.92 Å². The Morgan fingerprint density at radius 2 is 1.83 bits per heavy atom. The van der Waals surface area contributed by atoms with E-state index in [9.17, 15) is 4.79 Å². The number of carbonyl (C=O) groups excluding carboxylic acids is 1. The molecule has 0 bridgehead atoms. The van der Waals surface area contributed by atoms with Crippen LogP contribution >= 0.6 is 0 Å². The molecule has 24 heavy (non-hydrogen) atoms. The van der Waals surface area contributed by atoms with Crippen molar-refractivity contribution in [2.45, 2.75) is 52.4 Å². The number of hydrogen-bond acceptors (Lipinski definition) is 4. The number of rotatable bonds is 12. The fourth-order valence-corrected chi connectivity index (χ4v) is 2.52. The summed E-state index contributed by atoms with van der Waals surface area (Å²) in [5, 5.41) is 3.47. The van der Waals surface area contributed by atoms with Crippen LogP contribution in [0.5, 0.6) is 0 Å². The molecule has 1 aromatic rings. The molecule has 0 saturated carbocycles. The van der Waals surface area contributed by atoms with E-state index in [2.05, 4.69) is 12.2 Å². The molecule has 0 heterocycles. The lowest BCUT2D eigenvalue weighted by molar-refractivity contribution is 0.0482. The first-order chi connectivity index (χ1) is 11.5. The Morgan fingerprint density at radius 1 is 1.12 bits per heavy atom. The van der Waals surface area contributed by atoms with Gasteiger partial charge in [-0.15, -0.1) is 0 Å². The standard InChI is InChI=1S/C20H34N2O2/c1-5-6-7-8-9-10-13-21-19-12-11-18(16-17(19)2)20(23)24-15-14-22(3)4/h11-12,16,21H,5-10,13-15H2,1-4H3. The average Bonchev–Trinajstić information content (AvgIpc) is 2.54. The van der Waals surface area contributed by atoms with E-state index >= 15 is 0 Å². The zero-order chi connectivity index (χ0) is 17.8. The smallest absolute Gasteiger partial charge is 0.338 e. The van der Waals surface area contributed by atoms with E-state index in [4.69, 9.17) is 4.74 Å². The molecular weight excluding hydrogens is 300 g/mol. The topological polar surface area (TPSA) is 41.6 Å². The molecule has 0 aromatic heterocycles. The normalized spacial score (nSPS) is 10.9. The fourth-order valence-electron chi connectivity index (χ4n) is 2.52. The van der Waals surface area contributed by atoms with Crippen LogP contribution in [-0.2, 0) is 4.74 Å². The van der Waals surface area contributed by atoms with Crippen LogP contribution in [0.25, 0.3) is 0 Å². The second kappa shape index (κ2) is 11.9. The van der Waals surface area contributed by atoms with E-state index in [1.165, 1.54) is 38.5 Å². The summed E-state index contributed by atoms with van der Waals surface area (Å²) in [5.41, 5.74) is 2.81. The van der Waals surface area contributed by atoms with Crippen molar-refractivity contribution >= 4 is 11.7 Å². The van der Waals surface area contributed by atoms with Crippen LogP contribution in [0.3, 0.4) is 0 Å². The number of esters is 1. The van der Waals surface area contributed by atoms with Crippen molar-refractivity contribution in [3.63, 3.8) is 0 Å². The summed E-state index contributed by atoms with van der Waals surface area (Å²) in [7, 11) is 3.92. The van der Waals surface area contributed by atoms with Crippen molar-refractivity contribution in [3.8, 4) is 0 Å². The zero-order valence-electron chi connectivity index (χ0n) is 15.9. The minimum atomic E-state index is -0.248. The Kier molecular flexibility index (Phi) is 10.2. The molecule has 1 aromatic carbocycles. The number of hydrogen-bond donors (Lipinski definition) is 1. The largest absolute Gasteiger partial charge is 0.461 e. The van der Waals surface area contributed by atoms with Gasteiger partial charge in [-0.2, -0.15) is 0 Å². The fraction of sp³-hybridized carbons (Fsp3) is 0.650. The second-order valence-corrected chi connectivity index (χ2v) is 6.66. The lowest BCUT2D eigenvalue weighted by Gasteiger charge is -2.12. The molecule has 136 valence electrons. The molecule has 0 aliphatic rings. The highest BCUT2D eigenvalue weighted by atomic mass is 16.5. The highest BCUT2D eigenvalue weighted by Crippen LogP contribution is 2.17. The summed E-state index contributed by atoms with van der Waals surface area (Å²) in [5.74, 6) is -0.248. The number of nitrogens with zero attached hydrogens (tertiary/aromatic N) is 1. The first-order valence-electron chi connectivity index (χ1n) is 9.21. The van der Waals surface area contributed by atoms with Gasteiger partial charge in [-0.1, -0.05) is 39.0 Å². The summed E-state index contributed by atoms with van der Waals surface area (Å²) < 4.78 is 5.28. The molecule has 0 saturated heterocycles. The van der Waals surface area contributed by atoms with Gasteiger partial charge in [-0.3, -0.25) is 0 Å². The van der Waals surface area contributed by atoms with Crippen molar-refractivity contribution in [1.82, 2.24) is 4.90 Å². The van der Waals surface area contributed by atoms with E-state index < -0.39 is 0 Å². The number of aryl methyl sites for hydroxylation is 1. The summed E-state index contributed by atoms with van der Waals surface area (Å²) in [4.78, 5) is 14.0. The minimum absolute atomic E-state index is 0.248. The number of anilines is 1. The van der Waals surface area contributed by atoms with Crippen LogP contribution in [-0.4, -0.2) is 44.7 Å². The van der Waals surface area contributed by atoms with Gasteiger partial charge in [-0.05, 0) is 51.2 Å². The number of ether oxygens (including phenoxy) is 1. The molecule has 0 unspecified atom stereocenters. The molecule has 0 aliphatic carbocycles. The summed E-state index contributed by atoms with van der Waals surface area (Å²) in [6, 6.07) is 5.73. The van der Waals surface area contributed by atoms with Crippen LogP contribution in [0.4, 0.5) is 5.69 Å². The number of benzene rings is 1. The van der Waals surface area contributed by atoms with E-state index in [0.717, 1.165) is 24.3 Å². The molecule has 1 rings (SSSR count). The number of nitrogens with one attached hydrogen (secondary N) is 1. The lowest BCUT2D eigenvalue weighted by atomic mass is 10.1.